The summed E-state index contributed by atoms with van der Waals surface area (Å²) in [5, 5.41) is 3.90. The first-order chi connectivity index (χ1) is 19.8. The van der Waals surface area contributed by atoms with Crippen molar-refractivity contribution < 1.29 is 18.0 Å². The smallest absolute Gasteiger partial charge is 0.264 e. The molecule has 0 bridgehead atoms. The molecule has 0 aliphatic carbocycles. The van der Waals surface area contributed by atoms with Crippen LogP contribution in [0.1, 0.15) is 43.9 Å². The highest BCUT2D eigenvalue weighted by atomic mass is 35.5. The van der Waals surface area contributed by atoms with E-state index in [0.717, 1.165) is 9.87 Å². The van der Waals surface area contributed by atoms with Gasteiger partial charge in [0.1, 0.15) is 12.6 Å². The van der Waals surface area contributed by atoms with Crippen LogP contribution in [0, 0.1) is 19.8 Å². The van der Waals surface area contributed by atoms with Crippen molar-refractivity contribution in [3.8, 4) is 0 Å². The van der Waals surface area contributed by atoms with E-state index >= 15 is 0 Å². The molecule has 1 N–H and O–H groups in total. The van der Waals surface area contributed by atoms with Gasteiger partial charge in [-0.3, -0.25) is 13.9 Å². The minimum Gasteiger partial charge on any atom is -0.354 e. The first-order valence-corrected chi connectivity index (χ1v) is 16.2. The highest BCUT2D eigenvalue weighted by molar-refractivity contribution is 7.92. The lowest BCUT2D eigenvalue weighted by Gasteiger charge is -2.34. The predicted octanol–water partition coefficient (Wildman–Crippen LogP) is 7.04. The average molecular weight is 653 g/mol. The molecule has 3 aromatic rings. The fourth-order valence-corrected chi connectivity index (χ4v) is 6.57. The standard InChI is InChI=1S/C31H36Cl3N3O4S/c1-6-28(31(39)35-17-20(2)3)36(18-24-26(33)10-7-11-27(24)34)30(38)19-37(29-12-8-9-25(32)22(29)5)42(40,41)23-15-13-21(4)14-16-23/h7-16,20,28H,6,17-19H2,1-5H3,(H,35,39)/t28-/m1/s1. The summed E-state index contributed by atoms with van der Waals surface area (Å²) in [6.07, 6.45) is 0.276. The van der Waals surface area contributed by atoms with Crippen LogP contribution in [0.15, 0.2) is 65.6 Å². The Morgan fingerprint density at radius 2 is 1.45 bits per heavy atom. The van der Waals surface area contributed by atoms with Crippen LogP contribution in [-0.4, -0.2) is 44.3 Å². The van der Waals surface area contributed by atoms with E-state index in [1.165, 1.54) is 17.0 Å². The molecule has 7 nitrogen and oxygen atoms in total. The lowest BCUT2D eigenvalue weighted by molar-refractivity contribution is -0.140. The zero-order valence-electron chi connectivity index (χ0n) is 24.3. The highest BCUT2D eigenvalue weighted by Crippen LogP contribution is 2.32. The average Bonchev–Trinajstić information content (AvgIpc) is 2.93. The van der Waals surface area contributed by atoms with Gasteiger partial charge in [0.15, 0.2) is 0 Å². The summed E-state index contributed by atoms with van der Waals surface area (Å²) >= 11 is 19.3. The van der Waals surface area contributed by atoms with Crippen molar-refractivity contribution in [2.75, 3.05) is 17.4 Å². The largest absolute Gasteiger partial charge is 0.354 e. The fourth-order valence-electron chi connectivity index (χ4n) is 4.41. The zero-order valence-corrected chi connectivity index (χ0v) is 27.4. The number of hydrogen-bond acceptors (Lipinski definition) is 4. The van der Waals surface area contributed by atoms with Crippen LogP contribution in [0.5, 0.6) is 0 Å². The quantitative estimate of drug-likeness (QED) is 0.227. The number of rotatable bonds is 12. The van der Waals surface area contributed by atoms with Crippen LogP contribution in [0.4, 0.5) is 5.69 Å². The maximum Gasteiger partial charge on any atom is 0.264 e. The van der Waals surface area contributed by atoms with Crippen molar-refractivity contribution in [2.24, 2.45) is 5.92 Å². The minimum absolute atomic E-state index is 0.0164. The molecule has 3 rings (SSSR count). The number of sulfonamides is 1. The number of carbonyl (C=O) groups is 2. The van der Waals surface area contributed by atoms with Gasteiger partial charge in [-0.1, -0.05) is 85.4 Å². The topological polar surface area (TPSA) is 86.8 Å². The Balaban J connectivity index is 2.13. The van der Waals surface area contributed by atoms with Gasteiger partial charge in [0, 0.05) is 33.7 Å². The van der Waals surface area contributed by atoms with E-state index in [1.54, 1.807) is 62.4 Å². The Bertz CT molecular complexity index is 1510. The number of halogens is 3. The van der Waals surface area contributed by atoms with Gasteiger partial charge in [-0.25, -0.2) is 8.42 Å². The molecule has 0 saturated heterocycles. The van der Waals surface area contributed by atoms with Gasteiger partial charge in [0.25, 0.3) is 10.0 Å². The van der Waals surface area contributed by atoms with Crippen LogP contribution in [0.3, 0.4) is 0 Å². The number of benzene rings is 3. The van der Waals surface area contributed by atoms with Crippen LogP contribution >= 0.6 is 34.8 Å². The molecule has 0 aliphatic heterocycles. The molecule has 0 unspecified atom stereocenters. The summed E-state index contributed by atoms with van der Waals surface area (Å²) in [7, 11) is -4.23. The Morgan fingerprint density at radius 3 is 2.02 bits per heavy atom. The highest BCUT2D eigenvalue weighted by Gasteiger charge is 2.35. The Hall–Kier alpha value is -2.78. The van der Waals surface area contributed by atoms with Gasteiger partial charge >= 0.3 is 0 Å². The number of anilines is 1. The molecule has 0 saturated carbocycles. The first-order valence-electron chi connectivity index (χ1n) is 13.6. The molecular weight excluding hydrogens is 617 g/mol. The Labute approximate surface area is 263 Å². The number of hydrogen-bond donors (Lipinski definition) is 1. The summed E-state index contributed by atoms with van der Waals surface area (Å²) in [5.74, 6) is -0.767. The second kappa shape index (κ2) is 14.6. The maximum atomic E-state index is 14.2. The Kier molecular flexibility index (Phi) is 11.7. The fraction of sp³-hybridized carbons (Fsp3) is 0.355. The van der Waals surface area contributed by atoms with Gasteiger partial charge in [-0.05, 0) is 68.1 Å². The van der Waals surface area contributed by atoms with Gasteiger partial charge in [0.05, 0.1) is 10.6 Å². The van der Waals surface area contributed by atoms with E-state index in [1.807, 2.05) is 20.8 Å². The van der Waals surface area contributed by atoms with E-state index in [0.29, 0.717) is 32.7 Å². The third kappa shape index (κ3) is 7.98. The zero-order chi connectivity index (χ0) is 31.2. The number of aryl methyl sites for hydroxylation is 1. The summed E-state index contributed by atoms with van der Waals surface area (Å²) in [6.45, 7) is 8.99. The van der Waals surface area contributed by atoms with Crippen molar-refractivity contribution in [1.29, 1.82) is 0 Å². The number of nitrogens with one attached hydrogen (secondary N) is 1. The number of amides is 2. The third-order valence-electron chi connectivity index (χ3n) is 6.86. The van der Waals surface area contributed by atoms with Crippen molar-refractivity contribution in [1.82, 2.24) is 10.2 Å². The maximum absolute atomic E-state index is 14.2. The van der Waals surface area contributed by atoms with Gasteiger partial charge in [-0.2, -0.15) is 0 Å². The molecule has 1 atom stereocenters. The van der Waals surface area contributed by atoms with E-state index in [9.17, 15) is 18.0 Å². The van der Waals surface area contributed by atoms with Crippen LogP contribution in [-0.2, 0) is 26.2 Å². The van der Waals surface area contributed by atoms with Crippen LogP contribution in [0.2, 0.25) is 15.1 Å². The minimum atomic E-state index is -4.23. The summed E-state index contributed by atoms with van der Waals surface area (Å²) < 4.78 is 29.2. The van der Waals surface area contributed by atoms with E-state index in [2.05, 4.69) is 5.32 Å². The second-order valence-corrected chi connectivity index (χ2v) is 13.6. The normalized spacial score (nSPS) is 12.2. The summed E-state index contributed by atoms with van der Waals surface area (Å²) in [4.78, 5) is 29.0. The lowest BCUT2D eigenvalue weighted by Crippen LogP contribution is -2.52. The Morgan fingerprint density at radius 1 is 0.881 bits per heavy atom. The molecule has 2 amide bonds. The van der Waals surface area contributed by atoms with Gasteiger partial charge < -0.3 is 10.2 Å². The third-order valence-corrected chi connectivity index (χ3v) is 9.75. The van der Waals surface area contributed by atoms with Crippen molar-refractivity contribution >= 4 is 62.3 Å². The number of carbonyl (C=O) groups excluding carboxylic acids is 2. The molecular formula is C31H36Cl3N3O4S. The molecule has 0 fully saturated rings. The van der Waals surface area contributed by atoms with Crippen molar-refractivity contribution in [3.63, 3.8) is 0 Å². The van der Waals surface area contributed by atoms with E-state index in [-0.39, 0.29) is 35.4 Å². The summed E-state index contributed by atoms with van der Waals surface area (Å²) in [5.41, 5.74) is 2.09. The monoisotopic (exact) mass is 651 g/mol. The van der Waals surface area contributed by atoms with Crippen molar-refractivity contribution in [2.45, 2.75) is 58.5 Å². The summed E-state index contributed by atoms with van der Waals surface area (Å²) in [6, 6.07) is 15.3. The van der Waals surface area contributed by atoms with Crippen LogP contribution in [0.25, 0.3) is 0 Å². The molecule has 3 aromatic carbocycles. The molecule has 226 valence electrons. The molecule has 0 spiro atoms. The first kappa shape index (κ1) is 33.7. The molecule has 0 radical (unpaired) electrons. The van der Waals surface area contributed by atoms with Crippen molar-refractivity contribution in [3.05, 3.63) is 92.4 Å². The molecule has 11 heteroatoms. The molecule has 0 heterocycles. The predicted molar refractivity (Wildman–Crippen MR) is 171 cm³/mol. The molecule has 0 aromatic heterocycles. The SMILES string of the molecule is CC[C@H](C(=O)NCC(C)C)N(Cc1c(Cl)cccc1Cl)C(=O)CN(c1cccc(Cl)c1C)S(=O)(=O)c1ccc(C)cc1. The van der Waals surface area contributed by atoms with E-state index < -0.39 is 28.5 Å². The molecule has 0 aliphatic rings. The number of nitrogens with zero attached hydrogens (tertiary/aromatic N) is 2. The van der Waals surface area contributed by atoms with Gasteiger partial charge in [0.2, 0.25) is 11.8 Å². The molecule has 42 heavy (non-hydrogen) atoms. The van der Waals surface area contributed by atoms with Gasteiger partial charge in [-0.15, -0.1) is 0 Å². The van der Waals surface area contributed by atoms with E-state index in [4.69, 9.17) is 34.8 Å². The van der Waals surface area contributed by atoms with Crippen LogP contribution < -0.4 is 9.62 Å². The lowest BCUT2D eigenvalue weighted by atomic mass is 10.1. The second-order valence-electron chi connectivity index (χ2n) is 10.5.